The Bertz CT molecular complexity index is 566. The van der Waals surface area contributed by atoms with Gasteiger partial charge >= 0.3 is 0 Å². The van der Waals surface area contributed by atoms with Crippen molar-refractivity contribution < 1.29 is 9.18 Å². The Kier molecular flexibility index (Phi) is 5.27. The number of Topliss-reactive ketones (excluding diaryl/α,β-unsaturated/α-hetero) is 1. The summed E-state index contributed by atoms with van der Waals surface area (Å²) in [4.78, 5) is 11.9. The van der Waals surface area contributed by atoms with Gasteiger partial charge in [0, 0.05) is 10.6 Å². The molecule has 4 heteroatoms. The lowest BCUT2D eigenvalue weighted by atomic mass is 10.1. The van der Waals surface area contributed by atoms with Crippen molar-refractivity contribution in [3.8, 4) is 0 Å². The van der Waals surface area contributed by atoms with Gasteiger partial charge in [-0.05, 0) is 54.9 Å². The maximum atomic E-state index is 12.7. The van der Waals surface area contributed by atoms with Crippen LogP contribution in [-0.2, 0) is 6.42 Å². The standard InChI is InChI=1S/C16H15ClFNO/c17-14-5-3-13(4-6-14)16(20)11-19-10-9-12-1-7-15(18)8-2-12/h1-8,19H,9-11H2. The molecule has 0 spiro atoms. The summed E-state index contributed by atoms with van der Waals surface area (Å²) in [5.74, 6) is -0.208. The molecule has 0 bridgehead atoms. The van der Waals surface area contributed by atoms with Crippen molar-refractivity contribution in [1.29, 1.82) is 0 Å². The normalized spacial score (nSPS) is 10.5. The smallest absolute Gasteiger partial charge is 0.176 e. The molecule has 0 atom stereocenters. The molecular weight excluding hydrogens is 277 g/mol. The molecule has 2 rings (SSSR count). The first-order valence-corrected chi connectivity index (χ1v) is 6.77. The van der Waals surface area contributed by atoms with Crippen LogP contribution < -0.4 is 5.32 Å². The predicted molar refractivity (Wildman–Crippen MR) is 78.8 cm³/mol. The Hall–Kier alpha value is -1.71. The number of carbonyl (C=O) groups is 1. The third kappa shape index (κ3) is 4.44. The number of hydrogen-bond acceptors (Lipinski definition) is 2. The van der Waals surface area contributed by atoms with Crippen LogP contribution in [0.1, 0.15) is 15.9 Å². The molecule has 0 fully saturated rings. The molecule has 2 aromatic carbocycles. The minimum Gasteiger partial charge on any atom is -0.309 e. The highest BCUT2D eigenvalue weighted by Crippen LogP contribution is 2.09. The molecule has 0 radical (unpaired) electrons. The van der Waals surface area contributed by atoms with Gasteiger partial charge < -0.3 is 5.32 Å². The van der Waals surface area contributed by atoms with Crippen molar-refractivity contribution in [2.45, 2.75) is 6.42 Å². The van der Waals surface area contributed by atoms with Gasteiger partial charge in [-0.1, -0.05) is 23.7 Å². The minimum atomic E-state index is -0.236. The second-order valence-corrected chi connectivity index (χ2v) is 4.92. The van der Waals surface area contributed by atoms with Gasteiger partial charge in [-0.3, -0.25) is 4.79 Å². The van der Waals surface area contributed by atoms with Crippen LogP contribution in [0.2, 0.25) is 5.02 Å². The van der Waals surface area contributed by atoms with Gasteiger partial charge in [-0.25, -0.2) is 4.39 Å². The molecule has 0 aromatic heterocycles. The van der Waals surface area contributed by atoms with Crippen molar-refractivity contribution in [2.24, 2.45) is 0 Å². The van der Waals surface area contributed by atoms with Crippen LogP contribution in [0.25, 0.3) is 0 Å². The van der Waals surface area contributed by atoms with Gasteiger partial charge in [0.2, 0.25) is 0 Å². The maximum Gasteiger partial charge on any atom is 0.176 e. The SMILES string of the molecule is O=C(CNCCc1ccc(F)cc1)c1ccc(Cl)cc1. The zero-order valence-electron chi connectivity index (χ0n) is 10.9. The number of ketones is 1. The zero-order valence-corrected chi connectivity index (χ0v) is 11.7. The van der Waals surface area contributed by atoms with Crippen molar-refractivity contribution >= 4 is 17.4 Å². The Balaban J connectivity index is 1.74. The molecule has 0 aliphatic carbocycles. The molecule has 2 aromatic rings. The molecule has 0 amide bonds. The lowest BCUT2D eigenvalue weighted by Gasteiger charge is -2.05. The highest BCUT2D eigenvalue weighted by atomic mass is 35.5. The summed E-state index contributed by atoms with van der Waals surface area (Å²) in [6.45, 7) is 0.952. The van der Waals surface area contributed by atoms with E-state index in [1.165, 1.54) is 12.1 Å². The summed E-state index contributed by atoms with van der Waals surface area (Å²) in [6, 6.07) is 13.2. The quantitative estimate of drug-likeness (QED) is 0.652. The van der Waals surface area contributed by atoms with Crippen molar-refractivity contribution in [3.63, 3.8) is 0 Å². The number of nitrogens with one attached hydrogen (secondary N) is 1. The van der Waals surface area contributed by atoms with E-state index in [-0.39, 0.29) is 18.1 Å². The maximum absolute atomic E-state index is 12.7. The van der Waals surface area contributed by atoms with E-state index in [9.17, 15) is 9.18 Å². The Morgan fingerprint density at radius 1 is 1.05 bits per heavy atom. The molecule has 2 nitrogen and oxygen atoms in total. The van der Waals surface area contributed by atoms with E-state index in [1.807, 2.05) is 0 Å². The number of carbonyl (C=O) groups excluding carboxylic acids is 1. The summed E-state index contributed by atoms with van der Waals surface area (Å²) < 4.78 is 12.7. The Labute approximate surface area is 122 Å². The van der Waals surface area contributed by atoms with Crippen LogP contribution in [0, 0.1) is 5.82 Å². The van der Waals surface area contributed by atoms with Crippen LogP contribution in [0.15, 0.2) is 48.5 Å². The van der Waals surface area contributed by atoms with Crippen LogP contribution >= 0.6 is 11.6 Å². The summed E-state index contributed by atoms with van der Waals surface area (Å²) >= 11 is 5.77. The van der Waals surface area contributed by atoms with E-state index < -0.39 is 0 Å². The van der Waals surface area contributed by atoms with E-state index in [0.717, 1.165) is 12.0 Å². The lowest BCUT2D eigenvalue weighted by molar-refractivity contribution is 0.0991. The fourth-order valence-corrected chi connectivity index (χ4v) is 1.95. The summed E-state index contributed by atoms with van der Waals surface area (Å²) in [7, 11) is 0. The summed E-state index contributed by atoms with van der Waals surface area (Å²) in [5.41, 5.74) is 1.68. The number of halogens is 2. The van der Waals surface area contributed by atoms with Gasteiger partial charge in [0.25, 0.3) is 0 Å². The van der Waals surface area contributed by atoms with E-state index in [0.29, 0.717) is 17.1 Å². The molecule has 0 saturated heterocycles. The van der Waals surface area contributed by atoms with Gasteiger partial charge in [0.1, 0.15) is 5.82 Å². The van der Waals surface area contributed by atoms with E-state index >= 15 is 0 Å². The van der Waals surface area contributed by atoms with Gasteiger partial charge in [0.05, 0.1) is 6.54 Å². The third-order valence-corrected chi connectivity index (χ3v) is 3.21. The number of benzene rings is 2. The zero-order chi connectivity index (χ0) is 14.4. The van der Waals surface area contributed by atoms with Crippen LogP contribution in [0.5, 0.6) is 0 Å². The molecule has 0 unspecified atom stereocenters. The molecule has 0 aliphatic rings. The molecule has 20 heavy (non-hydrogen) atoms. The fraction of sp³-hybridized carbons (Fsp3) is 0.188. The van der Waals surface area contributed by atoms with E-state index in [1.54, 1.807) is 36.4 Å². The summed E-state index contributed by atoms with van der Waals surface area (Å²) in [5, 5.41) is 3.70. The highest BCUT2D eigenvalue weighted by Gasteiger charge is 2.04. The molecule has 1 N–H and O–H groups in total. The Morgan fingerprint density at radius 3 is 2.35 bits per heavy atom. The molecule has 0 aliphatic heterocycles. The average molecular weight is 292 g/mol. The van der Waals surface area contributed by atoms with E-state index in [2.05, 4.69) is 5.32 Å². The second-order valence-electron chi connectivity index (χ2n) is 4.48. The second kappa shape index (κ2) is 7.17. The monoisotopic (exact) mass is 291 g/mol. The third-order valence-electron chi connectivity index (χ3n) is 2.96. The summed E-state index contributed by atoms with van der Waals surface area (Å²) in [6.07, 6.45) is 0.758. The predicted octanol–water partition coefficient (Wildman–Crippen LogP) is 3.49. The number of hydrogen-bond donors (Lipinski definition) is 1. The first-order chi connectivity index (χ1) is 9.65. The van der Waals surface area contributed by atoms with Crippen LogP contribution in [0.3, 0.4) is 0 Å². The fourth-order valence-electron chi connectivity index (χ4n) is 1.82. The first-order valence-electron chi connectivity index (χ1n) is 6.39. The molecule has 0 heterocycles. The van der Waals surface area contributed by atoms with Crippen molar-refractivity contribution in [2.75, 3.05) is 13.1 Å². The lowest BCUT2D eigenvalue weighted by Crippen LogP contribution is -2.25. The topological polar surface area (TPSA) is 29.1 Å². The van der Waals surface area contributed by atoms with E-state index in [4.69, 9.17) is 11.6 Å². The highest BCUT2D eigenvalue weighted by molar-refractivity contribution is 6.30. The molecule has 104 valence electrons. The van der Waals surface area contributed by atoms with Gasteiger partial charge in [-0.2, -0.15) is 0 Å². The average Bonchev–Trinajstić information content (AvgIpc) is 2.46. The molecular formula is C16H15ClFNO. The minimum absolute atomic E-state index is 0.0285. The largest absolute Gasteiger partial charge is 0.309 e. The van der Waals surface area contributed by atoms with Crippen molar-refractivity contribution in [1.82, 2.24) is 5.32 Å². The van der Waals surface area contributed by atoms with Gasteiger partial charge in [0.15, 0.2) is 5.78 Å². The number of rotatable bonds is 6. The van der Waals surface area contributed by atoms with Gasteiger partial charge in [-0.15, -0.1) is 0 Å². The first kappa shape index (κ1) is 14.7. The Morgan fingerprint density at radius 2 is 1.70 bits per heavy atom. The molecule has 0 saturated carbocycles. The van der Waals surface area contributed by atoms with Crippen LogP contribution in [0.4, 0.5) is 4.39 Å². The van der Waals surface area contributed by atoms with Crippen LogP contribution in [-0.4, -0.2) is 18.9 Å². The van der Waals surface area contributed by atoms with Crippen molar-refractivity contribution in [3.05, 3.63) is 70.5 Å².